The zero-order valence-corrected chi connectivity index (χ0v) is 24.6. The van der Waals surface area contributed by atoms with Gasteiger partial charge in [0, 0.05) is 38.7 Å². The van der Waals surface area contributed by atoms with Crippen LogP contribution in [0.3, 0.4) is 0 Å². The molecule has 236 valence electrons. The highest BCUT2D eigenvalue weighted by Crippen LogP contribution is 2.41. The molecular weight excluding hydrogens is 593 g/mol. The lowest BCUT2D eigenvalue weighted by molar-refractivity contribution is -0.143. The molecule has 1 saturated heterocycles. The number of anilines is 2. The van der Waals surface area contributed by atoms with Gasteiger partial charge in [-0.3, -0.25) is 9.59 Å². The average Bonchev–Trinajstić information content (AvgIpc) is 3.38. The van der Waals surface area contributed by atoms with Gasteiger partial charge in [0.05, 0.1) is 28.4 Å². The second kappa shape index (κ2) is 11.7. The Labute approximate surface area is 249 Å². The van der Waals surface area contributed by atoms with Crippen molar-refractivity contribution in [1.82, 2.24) is 10.3 Å². The third-order valence-electron chi connectivity index (χ3n) is 7.78. The van der Waals surface area contributed by atoms with Crippen molar-refractivity contribution in [2.45, 2.75) is 57.9 Å². The molecule has 1 aliphatic heterocycles. The van der Waals surface area contributed by atoms with Gasteiger partial charge in [0.1, 0.15) is 11.6 Å². The molecule has 0 bridgehead atoms. The Kier molecular flexibility index (Phi) is 8.73. The summed E-state index contributed by atoms with van der Waals surface area (Å²) in [7, 11) is 1.35. The van der Waals surface area contributed by atoms with Crippen molar-refractivity contribution in [2.75, 3.05) is 29.9 Å². The number of pyridine rings is 1. The van der Waals surface area contributed by atoms with Gasteiger partial charge in [0.15, 0.2) is 0 Å². The van der Waals surface area contributed by atoms with E-state index in [-0.39, 0.29) is 23.7 Å². The van der Waals surface area contributed by atoms with Crippen molar-refractivity contribution in [3.05, 3.63) is 76.7 Å². The molecule has 3 aromatic rings. The molecule has 0 radical (unpaired) electrons. The van der Waals surface area contributed by atoms with Gasteiger partial charge >= 0.3 is 12.4 Å². The van der Waals surface area contributed by atoms with Crippen molar-refractivity contribution in [3.8, 4) is 11.1 Å². The number of aromatic nitrogens is 1. The average molecular weight is 625 g/mol. The van der Waals surface area contributed by atoms with Gasteiger partial charge in [-0.15, -0.1) is 0 Å². The van der Waals surface area contributed by atoms with Crippen LogP contribution < -0.4 is 15.1 Å². The predicted octanol–water partition coefficient (Wildman–Crippen LogP) is 6.89. The van der Waals surface area contributed by atoms with E-state index in [1.807, 2.05) is 4.90 Å². The summed E-state index contributed by atoms with van der Waals surface area (Å²) in [4.78, 5) is 33.0. The van der Waals surface area contributed by atoms with E-state index in [9.17, 15) is 40.3 Å². The maximum absolute atomic E-state index is 14.0. The summed E-state index contributed by atoms with van der Waals surface area (Å²) < 4.78 is 95.5. The van der Waals surface area contributed by atoms with E-state index in [2.05, 4.69) is 10.3 Å². The van der Waals surface area contributed by atoms with E-state index in [0.717, 1.165) is 4.90 Å². The molecule has 1 fully saturated rings. The third kappa shape index (κ3) is 6.81. The topological polar surface area (TPSA) is 65.5 Å². The van der Waals surface area contributed by atoms with E-state index >= 15 is 0 Å². The van der Waals surface area contributed by atoms with Crippen LogP contribution in [0.25, 0.3) is 11.1 Å². The standard InChI is InChI=1S/C31H31F7N4O2/c1-17-10-22(32)6-7-24(17)25-14-27(42-9-8-23(16-42)40-18(2)43)39-15-26(25)41(5)28(44)29(3,4)19-11-20(30(33,34)35)13-21(12-19)31(36,37)38/h6-7,10-15,23H,8-9,16H2,1-5H3,(H,40,43)/t23-/m1/s1. The van der Waals surface area contributed by atoms with Crippen molar-refractivity contribution < 1.29 is 40.3 Å². The van der Waals surface area contributed by atoms with E-state index in [1.165, 1.54) is 52.2 Å². The van der Waals surface area contributed by atoms with Crippen LogP contribution in [0.4, 0.5) is 42.2 Å². The Morgan fingerprint density at radius 3 is 2.07 bits per heavy atom. The summed E-state index contributed by atoms with van der Waals surface area (Å²) in [5.74, 6) is -0.954. The van der Waals surface area contributed by atoms with Gasteiger partial charge in [-0.1, -0.05) is 6.07 Å². The summed E-state index contributed by atoms with van der Waals surface area (Å²) in [5, 5.41) is 2.86. The summed E-state index contributed by atoms with van der Waals surface area (Å²) >= 11 is 0. The molecule has 1 N–H and O–H groups in total. The first kappa shape index (κ1) is 32.7. The summed E-state index contributed by atoms with van der Waals surface area (Å²) in [6.07, 6.45) is -8.11. The molecule has 1 atom stereocenters. The van der Waals surface area contributed by atoms with Crippen molar-refractivity contribution >= 4 is 23.3 Å². The molecule has 13 heteroatoms. The monoisotopic (exact) mass is 624 g/mol. The molecule has 1 aliphatic rings. The number of hydrogen-bond donors (Lipinski definition) is 1. The lowest BCUT2D eigenvalue weighted by atomic mass is 9.81. The van der Waals surface area contributed by atoms with Gasteiger partial charge in [-0.25, -0.2) is 9.37 Å². The number of alkyl halides is 6. The molecular formula is C31H31F7N4O2. The summed E-state index contributed by atoms with van der Waals surface area (Å²) in [6.45, 7) is 6.61. The number of benzene rings is 2. The molecule has 2 amide bonds. The minimum atomic E-state index is -5.08. The molecule has 2 aromatic carbocycles. The van der Waals surface area contributed by atoms with Gasteiger partial charge in [-0.2, -0.15) is 26.3 Å². The molecule has 2 heterocycles. The number of carbonyl (C=O) groups excluding carboxylic acids is 2. The fourth-order valence-electron chi connectivity index (χ4n) is 5.36. The zero-order valence-electron chi connectivity index (χ0n) is 24.6. The SMILES string of the molecule is CC(=O)N[C@@H]1CCN(c2cc(-c3ccc(F)cc3C)c(N(C)C(=O)C(C)(C)c3cc(C(F)(F)F)cc(C(F)(F)F)c3)cn2)C1. The smallest absolute Gasteiger partial charge is 0.354 e. The molecule has 0 aliphatic carbocycles. The van der Waals surface area contributed by atoms with Gasteiger partial charge < -0.3 is 15.1 Å². The predicted molar refractivity (Wildman–Crippen MR) is 152 cm³/mol. The minimum Gasteiger partial charge on any atom is -0.354 e. The quantitative estimate of drug-likeness (QED) is 0.304. The Morgan fingerprint density at radius 2 is 1.52 bits per heavy atom. The maximum Gasteiger partial charge on any atom is 0.416 e. The van der Waals surface area contributed by atoms with Crippen molar-refractivity contribution in [3.63, 3.8) is 0 Å². The van der Waals surface area contributed by atoms with E-state index in [4.69, 9.17) is 0 Å². The minimum absolute atomic E-state index is 0.0146. The Hall–Kier alpha value is -4.16. The van der Waals surface area contributed by atoms with Gasteiger partial charge in [0.2, 0.25) is 11.8 Å². The van der Waals surface area contributed by atoms with Crippen LogP contribution in [-0.2, 0) is 27.4 Å². The lowest BCUT2D eigenvalue weighted by Crippen LogP contribution is -2.42. The van der Waals surface area contributed by atoms with E-state index in [1.54, 1.807) is 13.0 Å². The Bertz CT molecular complexity index is 1550. The first-order valence-electron chi connectivity index (χ1n) is 13.7. The number of nitrogens with zero attached hydrogens (tertiary/aromatic N) is 3. The number of amides is 2. The van der Waals surface area contributed by atoms with Crippen molar-refractivity contribution in [2.24, 2.45) is 0 Å². The largest absolute Gasteiger partial charge is 0.416 e. The second-order valence-electron chi connectivity index (χ2n) is 11.4. The van der Waals surface area contributed by atoms with E-state index in [0.29, 0.717) is 54.2 Å². The Balaban J connectivity index is 1.79. The number of aryl methyl sites for hydroxylation is 1. The van der Waals surface area contributed by atoms with Crippen molar-refractivity contribution in [1.29, 1.82) is 0 Å². The van der Waals surface area contributed by atoms with Crippen LogP contribution in [0.15, 0.2) is 48.7 Å². The highest BCUT2D eigenvalue weighted by atomic mass is 19.4. The lowest BCUT2D eigenvalue weighted by Gasteiger charge is -2.32. The van der Waals surface area contributed by atoms with Crippen LogP contribution in [0.1, 0.15) is 49.4 Å². The number of hydrogen-bond acceptors (Lipinski definition) is 4. The first-order valence-corrected chi connectivity index (χ1v) is 13.7. The highest BCUT2D eigenvalue weighted by Gasteiger charge is 2.41. The van der Waals surface area contributed by atoms with Crippen LogP contribution in [-0.4, -0.2) is 43.0 Å². The van der Waals surface area contributed by atoms with Crippen LogP contribution >= 0.6 is 0 Å². The van der Waals surface area contributed by atoms with Crippen LogP contribution in [0.2, 0.25) is 0 Å². The molecule has 0 unspecified atom stereocenters. The second-order valence-corrected chi connectivity index (χ2v) is 11.4. The number of carbonyl (C=O) groups is 2. The number of halogens is 7. The Morgan fingerprint density at radius 1 is 0.932 bits per heavy atom. The van der Waals surface area contributed by atoms with Gasteiger partial charge in [-0.05, 0) is 80.3 Å². The maximum atomic E-state index is 14.0. The molecule has 6 nitrogen and oxygen atoms in total. The molecule has 0 saturated carbocycles. The molecule has 4 rings (SSSR count). The zero-order chi connectivity index (χ0) is 32.8. The highest BCUT2D eigenvalue weighted by molar-refractivity contribution is 6.03. The third-order valence-corrected chi connectivity index (χ3v) is 7.78. The normalized spacial score (nSPS) is 15.8. The van der Waals surface area contributed by atoms with Crippen LogP contribution in [0.5, 0.6) is 0 Å². The summed E-state index contributed by atoms with van der Waals surface area (Å²) in [6, 6.07) is 6.75. The fourth-order valence-corrected chi connectivity index (χ4v) is 5.36. The molecule has 44 heavy (non-hydrogen) atoms. The molecule has 0 spiro atoms. The first-order chi connectivity index (χ1) is 20.3. The number of nitrogens with one attached hydrogen (secondary N) is 1. The fraction of sp³-hybridized carbons (Fsp3) is 0.387. The van der Waals surface area contributed by atoms with Crippen LogP contribution in [0, 0.1) is 12.7 Å². The van der Waals surface area contributed by atoms with E-state index < -0.39 is 46.2 Å². The summed E-state index contributed by atoms with van der Waals surface area (Å²) in [5.41, 5.74) is -3.65. The number of likely N-dealkylation sites (N-methyl/N-ethyl adjacent to an activating group) is 1. The van der Waals surface area contributed by atoms with Gasteiger partial charge in [0.25, 0.3) is 0 Å². The number of rotatable bonds is 6. The molecule has 1 aromatic heterocycles.